The minimum absolute atomic E-state index is 0.0637. The van der Waals surface area contributed by atoms with E-state index in [1.54, 1.807) is 7.11 Å². The van der Waals surface area contributed by atoms with Gasteiger partial charge in [-0.3, -0.25) is 0 Å². The smallest absolute Gasteiger partial charge is 0.154 e. The summed E-state index contributed by atoms with van der Waals surface area (Å²) in [6.07, 6.45) is 3.38. The molecule has 0 aliphatic heterocycles. The van der Waals surface area contributed by atoms with Gasteiger partial charge in [-0.2, -0.15) is 0 Å². The number of hydrogen-bond donors (Lipinski definition) is 1. The van der Waals surface area contributed by atoms with Gasteiger partial charge in [0.1, 0.15) is 0 Å². The highest BCUT2D eigenvalue weighted by Gasteiger charge is 2.47. The number of sulfone groups is 1. The van der Waals surface area contributed by atoms with Gasteiger partial charge < -0.3 is 10.1 Å². The first-order valence-electron chi connectivity index (χ1n) is 7.29. The summed E-state index contributed by atoms with van der Waals surface area (Å²) < 4.78 is 29.9. The van der Waals surface area contributed by atoms with Crippen molar-refractivity contribution in [3.63, 3.8) is 0 Å². The molecule has 1 aliphatic carbocycles. The van der Waals surface area contributed by atoms with Gasteiger partial charge >= 0.3 is 0 Å². The molecule has 2 unspecified atom stereocenters. The summed E-state index contributed by atoms with van der Waals surface area (Å²) in [4.78, 5) is 0. The third-order valence-electron chi connectivity index (χ3n) is 4.14. The second-order valence-electron chi connectivity index (χ2n) is 6.21. The number of ether oxygens (including phenoxy) is 1. The van der Waals surface area contributed by atoms with Crippen molar-refractivity contribution in [1.82, 2.24) is 5.32 Å². The molecular weight excluding hydrogens is 262 g/mol. The van der Waals surface area contributed by atoms with E-state index in [0.717, 1.165) is 25.8 Å². The monoisotopic (exact) mass is 291 g/mol. The Morgan fingerprint density at radius 2 is 2.05 bits per heavy atom. The quantitative estimate of drug-likeness (QED) is 0.695. The fourth-order valence-electron chi connectivity index (χ4n) is 2.99. The molecule has 4 nitrogen and oxygen atoms in total. The molecule has 0 aromatic heterocycles. The third kappa shape index (κ3) is 4.43. The van der Waals surface area contributed by atoms with Gasteiger partial charge in [-0.05, 0) is 37.6 Å². The van der Waals surface area contributed by atoms with E-state index < -0.39 is 9.84 Å². The number of methoxy groups -OCH3 is 1. The summed E-state index contributed by atoms with van der Waals surface area (Å²) in [5, 5.41) is 3.23. The van der Waals surface area contributed by atoms with Crippen LogP contribution in [0, 0.1) is 5.41 Å². The molecule has 0 saturated heterocycles. The molecule has 5 heteroatoms. The van der Waals surface area contributed by atoms with E-state index in [-0.39, 0.29) is 22.5 Å². The fourth-order valence-corrected chi connectivity index (χ4v) is 5.17. The van der Waals surface area contributed by atoms with Gasteiger partial charge in [0, 0.05) is 19.8 Å². The van der Waals surface area contributed by atoms with Crippen LogP contribution in [0.3, 0.4) is 0 Å². The highest BCUT2D eigenvalue weighted by atomic mass is 32.2. The van der Waals surface area contributed by atoms with Crippen LogP contribution in [-0.4, -0.2) is 45.7 Å². The first-order chi connectivity index (χ1) is 8.85. The van der Waals surface area contributed by atoms with Crippen molar-refractivity contribution in [3.8, 4) is 0 Å². The second-order valence-corrected chi connectivity index (χ2v) is 8.55. The highest BCUT2D eigenvalue weighted by molar-refractivity contribution is 7.92. The van der Waals surface area contributed by atoms with Crippen molar-refractivity contribution < 1.29 is 13.2 Å². The van der Waals surface area contributed by atoms with Crippen molar-refractivity contribution in [1.29, 1.82) is 0 Å². The first kappa shape index (κ1) is 16.9. The van der Waals surface area contributed by atoms with Crippen LogP contribution in [0.4, 0.5) is 0 Å². The standard InChI is InChI=1S/C14H29NO3S/c1-5-9-15-13-12(7-8-14(13,2)3)19(16,17)11-6-10-18-4/h12-13,15H,5-11H2,1-4H3. The minimum Gasteiger partial charge on any atom is -0.385 e. The van der Waals surface area contributed by atoms with Crippen molar-refractivity contribution >= 4 is 9.84 Å². The van der Waals surface area contributed by atoms with Crippen LogP contribution in [0.25, 0.3) is 0 Å². The van der Waals surface area contributed by atoms with Gasteiger partial charge in [-0.15, -0.1) is 0 Å². The van der Waals surface area contributed by atoms with Crippen LogP contribution in [0.1, 0.15) is 46.5 Å². The molecule has 0 aromatic rings. The third-order valence-corrected chi connectivity index (χ3v) is 6.43. The summed E-state index contributed by atoms with van der Waals surface area (Å²) in [5.74, 6) is 0.242. The van der Waals surface area contributed by atoms with E-state index in [1.165, 1.54) is 0 Å². The van der Waals surface area contributed by atoms with Crippen molar-refractivity contribution in [2.24, 2.45) is 5.41 Å². The van der Waals surface area contributed by atoms with Crippen LogP contribution >= 0.6 is 0 Å². The first-order valence-corrected chi connectivity index (χ1v) is 9.00. The average molecular weight is 291 g/mol. The molecule has 0 bridgehead atoms. The summed E-state index contributed by atoms with van der Waals surface area (Å²) in [6.45, 7) is 7.85. The van der Waals surface area contributed by atoms with Gasteiger partial charge in [-0.25, -0.2) is 8.42 Å². The largest absolute Gasteiger partial charge is 0.385 e. The van der Waals surface area contributed by atoms with E-state index in [0.29, 0.717) is 13.0 Å². The van der Waals surface area contributed by atoms with Crippen LogP contribution in [-0.2, 0) is 14.6 Å². The zero-order chi connectivity index (χ0) is 14.5. The van der Waals surface area contributed by atoms with Crippen molar-refractivity contribution in [3.05, 3.63) is 0 Å². The predicted octanol–water partition coefficient (Wildman–Crippen LogP) is 1.99. The van der Waals surface area contributed by atoms with Gasteiger partial charge in [0.15, 0.2) is 9.84 Å². The molecule has 1 rings (SSSR count). The van der Waals surface area contributed by atoms with Crippen LogP contribution in [0.15, 0.2) is 0 Å². The summed E-state index contributed by atoms with van der Waals surface area (Å²) in [5.41, 5.74) is 0.0637. The van der Waals surface area contributed by atoms with Gasteiger partial charge in [0.25, 0.3) is 0 Å². The highest BCUT2D eigenvalue weighted by Crippen LogP contribution is 2.41. The fraction of sp³-hybridized carbons (Fsp3) is 1.00. The molecule has 1 N–H and O–H groups in total. The number of hydrogen-bond acceptors (Lipinski definition) is 4. The number of rotatable bonds is 8. The minimum atomic E-state index is -3.03. The summed E-state index contributed by atoms with van der Waals surface area (Å²) in [6, 6.07) is 0.0833. The maximum atomic E-state index is 12.5. The Morgan fingerprint density at radius 1 is 1.37 bits per heavy atom. The van der Waals surface area contributed by atoms with E-state index in [9.17, 15) is 8.42 Å². The van der Waals surface area contributed by atoms with E-state index in [1.807, 2.05) is 0 Å². The lowest BCUT2D eigenvalue weighted by atomic mass is 9.87. The van der Waals surface area contributed by atoms with Gasteiger partial charge in [0.2, 0.25) is 0 Å². The summed E-state index contributed by atoms with van der Waals surface area (Å²) in [7, 11) is -1.42. The normalized spacial score (nSPS) is 26.7. The lowest BCUT2D eigenvalue weighted by Crippen LogP contribution is -2.48. The maximum absolute atomic E-state index is 12.5. The Kier molecular flexibility index (Phi) is 6.27. The van der Waals surface area contributed by atoms with E-state index in [2.05, 4.69) is 26.1 Å². The Labute approximate surface area is 118 Å². The lowest BCUT2D eigenvalue weighted by Gasteiger charge is -2.31. The molecular formula is C14H29NO3S. The van der Waals surface area contributed by atoms with Crippen molar-refractivity contribution in [2.75, 3.05) is 26.0 Å². The van der Waals surface area contributed by atoms with Crippen molar-refractivity contribution in [2.45, 2.75) is 57.7 Å². The molecule has 19 heavy (non-hydrogen) atoms. The van der Waals surface area contributed by atoms with E-state index >= 15 is 0 Å². The topological polar surface area (TPSA) is 55.4 Å². The molecule has 0 amide bonds. The van der Waals surface area contributed by atoms with Crippen LogP contribution in [0.5, 0.6) is 0 Å². The van der Waals surface area contributed by atoms with Gasteiger partial charge in [-0.1, -0.05) is 20.8 Å². The Balaban J connectivity index is 2.73. The zero-order valence-electron chi connectivity index (χ0n) is 12.7. The molecule has 1 aliphatic rings. The Morgan fingerprint density at radius 3 is 2.63 bits per heavy atom. The van der Waals surface area contributed by atoms with Crippen LogP contribution < -0.4 is 5.32 Å². The zero-order valence-corrected chi connectivity index (χ0v) is 13.6. The Bertz CT molecular complexity index is 365. The molecule has 114 valence electrons. The Hall–Kier alpha value is -0.130. The molecule has 0 aromatic carbocycles. The van der Waals surface area contributed by atoms with Crippen LogP contribution in [0.2, 0.25) is 0 Å². The average Bonchev–Trinajstić information content (AvgIpc) is 2.63. The molecule has 0 spiro atoms. The predicted molar refractivity (Wildman–Crippen MR) is 79.2 cm³/mol. The molecule has 1 saturated carbocycles. The van der Waals surface area contributed by atoms with Gasteiger partial charge in [0.05, 0.1) is 11.0 Å². The molecule has 2 atom stereocenters. The number of nitrogens with one attached hydrogen (secondary N) is 1. The molecule has 0 heterocycles. The molecule has 1 fully saturated rings. The maximum Gasteiger partial charge on any atom is 0.154 e. The summed E-state index contributed by atoms with van der Waals surface area (Å²) >= 11 is 0. The lowest BCUT2D eigenvalue weighted by molar-refractivity contribution is 0.199. The molecule has 0 radical (unpaired) electrons. The SMILES string of the molecule is CCCNC1C(S(=O)(=O)CCCOC)CCC1(C)C. The van der Waals surface area contributed by atoms with E-state index in [4.69, 9.17) is 4.74 Å². The second kappa shape index (κ2) is 7.04.